The van der Waals surface area contributed by atoms with E-state index in [1.165, 1.54) is 0 Å². The summed E-state index contributed by atoms with van der Waals surface area (Å²) in [6.45, 7) is 10.2. The van der Waals surface area contributed by atoms with Crippen molar-refractivity contribution in [3.63, 3.8) is 0 Å². The minimum absolute atomic E-state index is 0.0755. The Hall–Kier alpha value is -3.41. The van der Waals surface area contributed by atoms with Crippen LogP contribution in [0.15, 0.2) is 44.9 Å². The number of aryl methyl sites for hydroxylation is 3. The molecule has 0 aliphatic rings. The molecule has 0 saturated heterocycles. The normalized spacial score (nSPS) is 11.8. The Bertz CT molecular complexity index is 1840. The molecule has 3 heterocycles. The van der Waals surface area contributed by atoms with Gasteiger partial charge in [-0.3, -0.25) is 14.3 Å². The third-order valence-corrected chi connectivity index (χ3v) is 10.5. The van der Waals surface area contributed by atoms with E-state index in [4.69, 9.17) is 27.9 Å². The molecule has 13 heteroatoms. The lowest BCUT2D eigenvalue weighted by Gasteiger charge is -2.19. The number of fused-ring (bicyclic) bond motifs is 1. The van der Waals surface area contributed by atoms with Gasteiger partial charge in [0.2, 0.25) is 11.8 Å². The minimum Gasteiger partial charge on any atom is -0.494 e. The second-order valence-corrected chi connectivity index (χ2v) is 14.1. The van der Waals surface area contributed by atoms with Crippen molar-refractivity contribution in [1.29, 1.82) is 0 Å². The fourth-order valence-corrected chi connectivity index (χ4v) is 7.97. The maximum Gasteiger partial charge on any atom is 0.367 e. The van der Waals surface area contributed by atoms with Gasteiger partial charge in [-0.1, -0.05) is 17.4 Å². The van der Waals surface area contributed by atoms with E-state index in [1.807, 2.05) is 56.5 Å². The maximum atomic E-state index is 12.8. The summed E-state index contributed by atoms with van der Waals surface area (Å²) in [7, 11) is -3.34. The average Bonchev–Trinajstić information content (AvgIpc) is 3.68. The third-order valence-electron chi connectivity index (χ3n) is 6.92. The van der Waals surface area contributed by atoms with Crippen LogP contribution in [-0.4, -0.2) is 41.2 Å². The van der Waals surface area contributed by atoms with E-state index in [-0.39, 0.29) is 30.3 Å². The van der Waals surface area contributed by atoms with E-state index >= 15 is 0 Å². The Balaban J connectivity index is 1.25. The van der Waals surface area contributed by atoms with Crippen LogP contribution in [0.1, 0.15) is 46.9 Å². The molecule has 0 unspecified atom stereocenters. The number of oxazole rings is 1. The number of aromatic hydroxyl groups is 1. The Kier molecular flexibility index (Phi) is 9.97. The molecule has 234 valence electrons. The second-order valence-electron chi connectivity index (χ2n) is 10.1. The van der Waals surface area contributed by atoms with E-state index in [0.717, 1.165) is 60.9 Å². The molecule has 0 amide bonds. The van der Waals surface area contributed by atoms with Crippen LogP contribution < -0.4 is 14.3 Å². The van der Waals surface area contributed by atoms with Crippen LogP contribution in [0.2, 0.25) is 0 Å². The summed E-state index contributed by atoms with van der Waals surface area (Å²) in [5.41, 5.74) is 4.34. The smallest absolute Gasteiger partial charge is 0.367 e. The van der Waals surface area contributed by atoms with Gasteiger partial charge in [0.25, 0.3) is 0 Å². The quantitative estimate of drug-likeness (QED) is 0.115. The van der Waals surface area contributed by atoms with Gasteiger partial charge in [-0.25, -0.2) is 4.98 Å². The predicted molar refractivity (Wildman–Crippen MR) is 173 cm³/mol. The number of rotatable bonds is 14. The van der Waals surface area contributed by atoms with Gasteiger partial charge in [0, 0.05) is 28.5 Å². The fraction of sp³-hybridized carbons (Fsp3) is 0.355. The lowest BCUT2D eigenvalue weighted by molar-refractivity contribution is 0.196. The van der Waals surface area contributed by atoms with Gasteiger partial charge in [0.1, 0.15) is 17.3 Å². The highest BCUT2D eigenvalue weighted by atomic mass is 32.1. The molecule has 3 aromatic heterocycles. The third kappa shape index (κ3) is 7.11. The lowest BCUT2D eigenvalue weighted by Crippen LogP contribution is -2.07. The SMILES string of the molecule is CCOP(=O)(COc1c(C)cc(-c2nc(CCOc3ccc(Cc4sc(=O)[nH]c4O)c4sccc34)c(C)o2)cc1C)OCC. The highest BCUT2D eigenvalue weighted by Gasteiger charge is 2.26. The number of aromatic nitrogens is 2. The first kappa shape index (κ1) is 32.0. The minimum atomic E-state index is -3.34. The molecular weight excluding hydrogens is 623 g/mol. The molecule has 0 atom stereocenters. The van der Waals surface area contributed by atoms with Crippen LogP contribution in [0.25, 0.3) is 21.5 Å². The number of thiophene rings is 1. The van der Waals surface area contributed by atoms with Crippen LogP contribution in [0, 0.1) is 20.8 Å². The zero-order valence-corrected chi connectivity index (χ0v) is 27.8. The van der Waals surface area contributed by atoms with Gasteiger partial charge in [-0.15, -0.1) is 11.3 Å². The highest BCUT2D eigenvalue weighted by Crippen LogP contribution is 2.48. The van der Waals surface area contributed by atoms with E-state index in [9.17, 15) is 14.5 Å². The molecule has 2 N–H and O–H groups in total. The number of benzene rings is 2. The molecule has 0 spiro atoms. The van der Waals surface area contributed by atoms with Crippen LogP contribution in [-0.2, 0) is 26.5 Å². The summed E-state index contributed by atoms with van der Waals surface area (Å²) in [5.74, 6) is 2.53. The summed E-state index contributed by atoms with van der Waals surface area (Å²) >= 11 is 2.61. The molecule has 0 saturated carbocycles. The predicted octanol–water partition coefficient (Wildman–Crippen LogP) is 7.75. The molecule has 2 aromatic carbocycles. The molecule has 5 aromatic rings. The van der Waals surface area contributed by atoms with Gasteiger partial charge >= 0.3 is 12.5 Å². The van der Waals surface area contributed by atoms with Gasteiger partial charge in [-0.05, 0) is 81.0 Å². The standard InChI is InChI=1S/C31H35N2O8PS2/c1-6-39-42(36,40-7-2)17-38-27-18(3)14-22(15-19(27)4)30-32-24(20(5)41-30)10-12-37-25-9-8-21(28-23(25)11-13-43-28)16-26-29(34)33-31(35)44-26/h8-9,11,13-15,34H,6-7,10,12,16-17H2,1-5H3,(H,33,35). The Labute approximate surface area is 263 Å². The summed E-state index contributed by atoms with van der Waals surface area (Å²) in [4.78, 5) is 19.1. The highest BCUT2D eigenvalue weighted by molar-refractivity contribution is 7.53. The number of nitrogens with one attached hydrogen (secondary N) is 1. The Morgan fingerprint density at radius 2 is 1.77 bits per heavy atom. The molecular formula is C31H35N2O8PS2. The first-order chi connectivity index (χ1) is 21.1. The van der Waals surface area contributed by atoms with E-state index in [1.54, 1.807) is 25.2 Å². The second kappa shape index (κ2) is 13.7. The number of hydrogen-bond donors (Lipinski definition) is 2. The van der Waals surface area contributed by atoms with Crippen molar-refractivity contribution in [3.05, 3.63) is 78.4 Å². The zero-order chi connectivity index (χ0) is 31.4. The zero-order valence-electron chi connectivity index (χ0n) is 25.2. The summed E-state index contributed by atoms with van der Waals surface area (Å²) in [5, 5.41) is 13.0. The van der Waals surface area contributed by atoms with Gasteiger partial charge in [0.15, 0.2) is 6.35 Å². The van der Waals surface area contributed by atoms with E-state index in [0.29, 0.717) is 36.0 Å². The van der Waals surface area contributed by atoms with Crippen molar-refractivity contribution in [3.8, 4) is 28.8 Å². The number of thiazole rings is 1. The number of H-pyrrole nitrogens is 1. The van der Waals surface area contributed by atoms with Crippen LogP contribution in [0.3, 0.4) is 0 Å². The van der Waals surface area contributed by atoms with Crippen molar-refractivity contribution in [2.75, 3.05) is 26.2 Å². The first-order valence-corrected chi connectivity index (χ1v) is 17.6. The molecule has 0 aliphatic heterocycles. The average molecular weight is 659 g/mol. The number of aromatic amines is 1. The van der Waals surface area contributed by atoms with Crippen molar-refractivity contribution >= 4 is 40.4 Å². The Morgan fingerprint density at radius 3 is 2.43 bits per heavy atom. The maximum absolute atomic E-state index is 12.8. The molecule has 10 nitrogen and oxygen atoms in total. The Morgan fingerprint density at radius 1 is 1.05 bits per heavy atom. The van der Waals surface area contributed by atoms with Crippen LogP contribution in [0.4, 0.5) is 0 Å². The largest absolute Gasteiger partial charge is 0.494 e. The monoisotopic (exact) mass is 658 g/mol. The van der Waals surface area contributed by atoms with Gasteiger partial charge in [0.05, 0.1) is 30.4 Å². The van der Waals surface area contributed by atoms with Crippen molar-refractivity contribution in [1.82, 2.24) is 9.97 Å². The first-order valence-electron chi connectivity index (χ1n) is 14.2. The number of ether oxygens (including phenoxy) is 2. The van der Waals surface area contributed by atoms with Gasteiger partial charge in [-0.2, -0.15) is 0 Å². The molecule has 0 radical (unpaired) electrons. The number of nitrogens with zero attached hydrogens (tertiary/aromatic N) is 1. The molecule has 0 aliphatic carbocycles. The molecule has 44 heavy (non-hydrogen) atoms. The number of hydrogen-bond acceptors (Lipinski definition) is 11. The topological polar surface area (TPSA) is 133 Å². The molecule has 5 rings (SSSR count). The summed E-state index contributed by atoms with van der Waals surface area (Å²) in [6.07, 6.45) is 0.843. The van der Waals surface area contributed by atoms with Crippen LogP contribution >= 0.6 is 30.3 Å². The molecule has 0 fully saturated rings. The van der Waals surface area contributed by atoms with Crippen molar-refractivity contribution < 1.29 is 32.6 Å². The van der Waals surface area contributed by atoms with E-state index in [2.05, 4.69) is 4.98 Å². The van der Waals surface area contributed by atoms with Crippen molar-refractivity contribution in [2.45, 2.75) is 47.5 Å². The van der Waals surface area contributed by atoms with Crippen LogP contribution in [0.5, 0.6) is 17.4 Å². The molecule has 0 bridgehead atoms. The fourth-order valence-electron chi connectivity index (χ4n) is 5.00. The van der Waals surface area contributed by atoms with E-state index < -0.39 is 7.60 Å². The lowest BCUT2D eigenvalue weighted by atomic mass is 10.1. The summed E-state index contributed by atoms with van der Waals surface area (Å²) < 4.78 is 42.7. The van der Waals surface area contributed by atoms with Gasteiger partial charge < -0.3 is 28.0 Å². The summed E-state index contributed by atoms with van der Waals surface area (Å²) in [6, 6.07) is 9.78. The van der Waals surface area contributed by atoms with Crippen molar-refractivity contribution in [2.24, 2.45) is 0 Å².